The lowest BCUT2D eigenvalue weighted by Crippen LogP contribution is -2.53. The first-order valence-corrected chi connectivity index (χ1v) is 6.65. The average Bonchev–Trinajstić information content (AvgIpc) is 2.33. The van der Waals surface area contributed by atoms with E-state index in [-0.39, 0.29) is 0 Å². The van der Waals surface area contributed by atoms with Gasteiger partial charge in [0.15, 0.2) is 0 Å². The van der Waals surface area contributed by atoms with Gasteiger partial charge in [-0.2, -0.15) is 0 Å². The zero-order chi connectivity index (χ0) is 14.5. The van der Waals surface area contributed by atoms with Gasteiger partial charge in [0.1, 0.15) is 6.04 Å². The summed E-state index contributed by atoms with van der Waals surface area (Å²) in [6, 6.07) is -1.34. The zero-order valence-corrected chi connectivity index (χ0v) is 11.9. The zero-order valence-electron chi connectivity index (χ0n) is 11.9. The third-order valence-electron chi connectivity index (χ3n) is 3.19. The van der Waals surface area contributed by atoms with Crippen molar-refractivity contribution < 1.29 is 19.4 Å². The summed E-state index contributed by atoms with van der Waals surface area (Å²) in [4.78, 5) is 22.8. The Morgan fingerprint density at radius 3 is 2.58 bits per heavy atom. The van der Waals surface area contributed by atoms with Gasteiger partial charge in [0.25, 0.3) is 0 Å². The van der Waals surface area contributed by atoms with Crippen LogP contribution in [0.25, 0.3) is 0 Å². The summed E-state index contributed by atoms with van der Waals surface area (Å²) in [5.41, 5.74) is -0.531. The molecule has 0 aromatic heterocycles. The molecule has 0 bridgehead atoms. The summed E-state index contributed by atoms with van der Waals surface area (Å²) in [5, 5.41) is 14.3. The summed E-state index contributed by atoms with van der Waals surface area (Å²) >= 11 is 0. The Balaban J connectivity index is 2.38. The Morgan fingerprint density at radius 2 is 2.11 bits per heavy atom. The van der Waals surface area contributed by atoms with Crippen LogP contribution in [0.4, 0.5) is 4.79 Å². The topological polar surface area (TPSA) is 87.7 Å². The fourth-order valence-electron chi connectivity index (χ4n) is 2.04. The highest BCUT2D eigenvalue weighted by molar-refractivity contribution is 5.83. The quantitative estimate of drug-likeness (QED) is 0.718. The van der Waals surface area contributed by atoms with Crippen LogP contribution in [0, 0.1) is 11.3 Å². The van der Waals surface area contributed by atoms with Crippen LogP contribution in [0.3, 0.4) is 0 Å². The van der Waals surface area contributed by atoms with Crippen molar-refractivity contribution in [2.45, 2.75) is 39.7 Å². The molecule has 1 saturated heterocycles. The van der Waals surface area contributed by atoms with Gasteiger partial charge in [-0.25, -0.2) is 9.59 Å². The van der Waals surface area contributed by atoms with E-state index in [1.54, 1.807) is 20.8 Å². The molecule has 0 radical (unpaired) electrons. The highest BCUT2D eigenvalue weighted by Gasteiger charge is 2.32. The van der Waals surface area contributed by atoms with Crippen molar-refractivity contribution >= 4 is 12.0 Å². The molecule has 1 aliphatic rings. The van der Waals surface area contributed by atoms with Crippen LogP contribution in [-0.4, -0.2) is 42.9 Å². The second-order valence-electron chi connectivity index (χ2n) is 6.07. The molecule has 0 aromatic carbocycles. The van der Waals surface area contributed by atoms with E-state index in [4.69, 9.17) is 9.84 Å². The standard InChI is InChI=1S/C13H24N2O4/c1-13(2,3)10(11(16)17)15-12(18)14-7-9-5-4-6-19-8-9/h9-10H,4-8H2,1-3H3,(H,16,17)(H2,14,15,18). The number of carbonyl (C=O) groups excluding carboxylic acids is 1. The van der Waals surface area contributed by atoms with Gasteiger partial charge in [0.2, 0.25) is 0 Å². The molecule has 2 atom stereocenters. The largest absolute Gasteiger partial charge is 0.480 e. The van der Waals surface area contributed by atoms with E-state index in [0.717, 1.165) is 19.4 Å². The number of carboxylic acid groups (broad SMARTS) is 1. The van der Waals surface area contributed by atoms with Crippen LogP contribution in [0.5, 0.6) is 0 Å². The van der Waals surface area contributed by atoms with Crippen LogP contribution >= 0.6 is 0 Å². The van der Waals surface area contributed by atoms with E-state index in [1.807, 2.05) is 0 Å². The van der Waals surface area contributed by atoms with E-state index >= 15 is 0 Å². The van der Waals surface area contributed by atoms with Crippen LogP contribution in [0.1, 0.15) is 33.6 Å². The number of carboxylic acids is 1. The maximum absolute atomic E-state index is 11.7. The van der Waals surface area contributed by atoms with Crippen molar-refractivity contribution in [2.24, 2.45) is 11.3 Å². The number of hydrogen-bond donors (Lipinski definition) is 3. The molecule has 110 valence electrons. The molecule has 1 fully saturated rings. The molecule has 1 aliphatic heterocycles. The molecule has 0 aliphatic carbocycles. The minimum absolute atomic E-state index is 0.317. The maximum Gasteiger partial charge on any atom is 0.326 e. The Kier molecular flexibility index (Phi) is 5.60. The lowest BCUT2D eigenvalue weighted by atomic mass is 9.87. The molecule has 19 heavy (non-hydrogen) atoms. The summed E-state index contributed by atoms with van der Waals surface area (Å²) in [6.45, 7) is 7.29. The first kappa shape index (κ1) is 15.8. The molecule has 0 saturated carbocycles. The van der Waals surface area contributed by atoms with Gasteiger partial charge in [0.05, 0.1) is 6.61 Å². The van der Waals surface area contributed by atoms with Gasteiger partial charge in [0, 0.05) is 13.2 Å². The van der Waals surface area contributed by atoms with Crippen molar-refractivity contribution in [2.75, 3.05) is 19.8 Å². The highest BCUT2D eigenvalue weighted by Crippen LogP contribution is 2.19. The first-order valence-electron chi connectivity index (χ1n) is 6.65. The first-order chi connectivity index (χ1) is 8.80. The van der Waals surface area contributed by atoms with E-state index < -0.39 is 23.5 Å². The smallest absolute Gasteiger partial charge is 0.326 e. The predicted molar refractivity (Wildman–Crippen MR) is 71.0 cm³/mol. The molecule has 6 nitrogen and oxygen atoms in total. The lowest BCUT2D eigenvalue weighted by molar-refractivity contribution is -0.141. The average molecular weight is 272 g/mol. The third kappa shape index (κ3) is 5.46. The van der Waals surface area contributed by atoms with E-state index in [1.165, 1.54) is 0 Å². The number of amides is 2. The third-order valence-corrected chi connectivity index (χ3v) is 3.19. The molecule has 2 unspecified atom stereocenters. The number of urea groups is 1. The van der Waals surface area contributed by atoms with Gasteiger partial charge in [-0.05, 0) is 24.2 Å². The van der Waals surface area contributed by atoms with Crippen LogP contribution in [0.2, 0.25) is 0 Å². The van der Waals surface area contributed by atoms with E-state index in [9.17, 15) is 9.59 Å². The Labute approximate surface area is 113 Å². The second kappa shape index (κ2) is 6.75. The van der Waals surface area contributed by atoms with Crippen molar-refractivity contribution in [3.05, 3.63) is 0 Å². The van der Waals surface area contributed by atoms with Crippen LogP contribution < -0.4 is 10.6 Å². The monoisotopic (exact) mass is 272 g/mol. The highest BCUT2D eigenvalue weighted by atomic mass is 16.5. The number of ether oxygens (including phenoxy) is 1. The van der Waals surface area contributed by atoms with Gasteiger partial charge in [-0.15, -0.1) is 0 Å². The maximum atomic E-state index is 11.7. The summed E-state index contributed by atoms with van der Waals surface area (Å²) < 4.78 is 5.32. The molecule has 0 spiro atoms. The summed E-state index contributed by atoms with van der Waals surface area (Å²) in [5.74, 6) is -0.707. The predicted octanol–water partition coefficient (Wildman–Crippen LogP) is 1.21. The van der Waals surface area contributed by atoms with Gasteiger partial charge in [-0.1, -0.05) is 20.8 Å². The Morgan fingerprint density at radius 1 is 1.42 bits per heavy atom. The lowest BCUT2D eigenvalue weighted by Gasteiger charge is -2.28. The summed E-state index contributed by atoms with van der Waals surface area (Å²) in [6.07, 6.45) is 2.04. The number of rotatable bonds is 4. The molecule has 3 N–H and O–H groups in total. The summed E-state index contributed by atoms with van der Waals surface area (Å²) in [7, 11) is 0. The molecule has 6 heteroatoms. The normalized spacial score (nSPS) is 21.5. The van der Waals surface area contributed by atoms with Crippen molar-refractivity contribution in [1.29, 1.82) is 0 Å². The van der Waals surface area contributed by atoms with Crippen molar-refractivity contribution in [1.82, 2.24) is 10.6 Å². The van der Waals surface area contributed by atoms with Crippen LogP contribution in [0.15, 0.2) is 0 Å². The minimum Gasteiger partial charge on any atom is -0.480 e. The molecule has 1 heterocycles. The van der Waals surface area contributed by atoms with Crippen molar-refractivity contribution in [3.8, 4) is 0 Å². The Hall–Kier alpha value is -1.30. The van der Waals surface area contributed by atoms with Gasteiger partial charge in [-0.3, -0.25) is 0 Å². The van der Waals surface area contributed by atoms with Crippen molar-refractivity contribution in [3.63, 3.8) is 0 Å². The molecule has 0 aromatic rings. The molecular formula is C13H24N2O4. The number of aliphatic carboxylic acids is 1. The molecular weight excluding hydrogens is 248 g/mol. The molecule has 1 rings (SSSR count). The fourth-order valence-corrected chi connectivity index (χ4v) is 2.04. The van der Waals surface area contributed by atoms with E-state index in [2.05, 4.69) is 10.6 Å². The fraction of sp³-hybridized carbons (Fsp3) is 0.846. The number of carbonyl (C=O) groups is 2. The second-order valence-corrected chi connectivity index (χ2v) is 6.07. The van der Waals surface area contributed by atoms with Gasteiger partial charge >= 0.3 is 12.0 Å². The minimum atomic E-state index is -1.02. The molecule has 2 amide bonds. The van der Waals surface area contributed by atoms with Crippen LogP contribution in [-0.2, 0) is 9.53 Å². The SMILES string of the molecule is CC(C)(C)C(NC(=O)NCC1CCCOC1)C(=O)O. The number of nitrogens with one attached hydrogen (secondary N) is 2. The van der Waals surface area contributed by atoms with Gasteiger partial charge < -0.3 is 20.5 Å². The Bertz CT molecular complexity index is 319. The number of hydrogen-bond acceptors (Lipinski definition) is 3. The van der Waals surface area contributed by atoms with E-state index in [0.29, 0.717) is 19.1 Å².